The molecule has 324 valence electrons. The van der Waals surface area contributed by atoms with Gasteiger partial charge in [-0.2, -0.15) is 0 Å². The highest BCUT2D eigenvalue weighted by molar-refractivity contribution is 7.90. The SMILES string of the molecule is Cc1c(C)c(S(=O)(=O)NC(N)=NCCC[C@H](NC(=O)OCC2c3ccccc3-c3ccccc32)C(=O)OC[C@H](NC(=O)OC(C)(C)C)C(=O)O)c(C)c2c1OC(C)(C)CC2. The predicted octanol–water partition coefficient (Wildman–Crippen LogP) is 5.52. The minimum absolute atomic E-state index is 0.0444. The van der Waals surface area contributed by atoms with Gasteiger partial charge < -0.3 is 40.4 Å². The van der Waals surface area contributed by atoms with Crippen LogP contribution >= 0.6 is 0 Å². The van der Waals surface area contributed by atoms with Crippen molar-refractivity contribution in [2.45, 2.75) is 115 Å². The Bertz CT molecular complexity index is 2240. The van der Waals surface area contributed by atoms with E-state index < -0.39 is 58.4 Å². The maximum atomic E-state index is 13.7. The number of sulfonamides is 1. The molecule has 1 aliphatic heterocycles. The number of carboxylic acid groups (broad SMARTS) is 1. The number of nitrogens with zero attached hydrogens (tertiary/aromatic N) is 1. The van der Waals surface area contributed by atoms with E-state index in [2.05, 4.69) is 20.3 Å². The summed E-state index contributed by atoms with van der Waals surface area (Å²) in [6.07, 6.45) is -0.609. The van der Waals surface area contributed by atoms with Crippen LogP contribution in [-0.4, -0.2) is 86.7 Å². The first-order chi connectivity index (χ1) is 28.1. The number of nitrogens with two attached hydrogens (primary N) is 1. The zero-order valence-corrected chi connectivity index (χ0v) is 36.1. The fourth-order valence-corrected chi connectivity index (χ4v) is 8.91. The van der Waals surface area contributed by atoms with Crippen molar-refractivity contribution in [2.24, 2.45) is 10.7 Å². The van der Waals surface area contributed by atoms with Gasteiger partial charge in [-0.1, -0.05) is 48.5 Å². The van der Waals surface area contributed by atoms with Gasteiger partial charge in [0.25, 0.3) is 10.0 Å². The number of alkyl carbamates (subject to hydrolysis) is 2. The lowest BCUT2D eigenvalue weighted by Gasteiger charge is -2.35. The van der Waals surface area contributed by atoms with Crippen LogP contribution in [0.15, 0.2) is 58.4 Å². The van der Waals surface area contributed by atoms with E-state index in [4.69, 9.17) is 24.7 Å². The molecule has 2 atom stereocenters. The molecular weight excluding hydrogens is 795 g/mol. The van der Waals surface area contributed by atoms with Gasteiger partial charge in [-0.25, -0.2) is 32.3 Å². The zero-order chi connectivity index (χ0) is 44.2. The zero-order valence-electron chi connectivity index (χ0n) is 35.3. The highest BCUT2D eigenvalue weighted by Crippen LogP contribution is 2.45. The summed E-state index contributed by atoms with van der Waals surface area (Å²) in [5.74, 6) is -2.46. The third-order valence-electron chi connectivity index (χ3n) is 10.4. The molecule has 3 aromatic carbocycles. The van der Waals surface area contributed by atoms with Crippen LogP contribution in [-0.2, 0) is 40.2 Å². The second-order valence-electron chi connectivity index (χ2n) is 16.6. The highest BCUT2D eigenvalue weighted by atomic mass is 32.2. The van der Waals surface area contributed by atoms with Gasteiger partial charge in [-0.3, -0.25) is 4.99 Å². The van der Waals surface area contributed by atoms with Crippen LogP contribution < -0.4 is 25.8 Å². The summed E-state index contributed by atoms with van der Waals surface area (Å²) in [5, 5.41) is 14.4. The van der Waals surface area contributed by atoms with Crippen molar-refractivity contribution in [2.75, 3.05) is 19.8 Å². The second kappa shape index (κ2) is 18.2. The number of fused-ring (bicyclic) bond motifs is 4. The summed E-state index contributed by atoms with van der Waals surface area (Å²) in [5.41, 5.74) is 11.4. The van der Waals surface area contributed by atoms with E-state index in [0.29, 0.717) is 29.7 Å². The Balaban J connectivity index is 1.26. The number of rotatable bonds is 14. The summed E-state index contributed by atoms with van der Waals surface area (Å²) in [6, 6.07) is 12.6. The number of nitrogens with one attached hydrogen (secondary N) is 3. The van der Waals surface area contributed by atoms with Gasteiger partial charge in [0.2, 0.25) is 5.96 Å². The fraction of sp³-hybridized carbons (Fsp3) is 0.465. The standard InChI is InChI=1S/C43H55N5O11S/c1-24-25(2)36(26(3)27-19-20-43(7,8)58-35(24)27)60(54,55)48-39(44)45-21-13-18-33(38(51)56-23-34(37(49)50)47-41(53)59-42(4,5)6)46-40(52)57-22-32-30-16-11-9-14-28(30)29-15-10-12-17-31(29)32/h9-12,14-17,32-34H,13,18-23H2,1-8H3,(H,46,52)(H,47,53)(H,49,50)(H3,44,45,48)/t33-,34-/m0/s1. The number of carbonyl (C=O) groups is 4. The molecule has 17 heteroatoms. The topological polar surface area (TPSA) is 234 Å². The van der Waals surface area contributed by atoms with E-state index in [0.717, 1.165) is 33.4 Å². The lowest BCUT2D eigenvalue weighted by Crippen LogP contribution is -2.48. The Morgan fingerprint density at radius 3 is 2.12 bits per heavy atom. The Labute approximate surface area is 350 Å². The Morgan fingerprint density at radius 2 is 1.52 bits per heavy atom. The quantitative estimate of drug-likeness (QED) is 0.0444. The van der Waals surface area contributed by atoms with Crippen LogP contribution in [0.2, 0.25) is 0 Å². The highest BCUT2D eigenvalue weighted by Gasteiger charge is 2.35. The molecule has 60 heavy (non-hydrogen) atoms. The minimum Gasteiger partial charge on any atom is -0.487 e. The summed E-state index contributed by atoms with van der Waals surface area (Å²) in [6.45, 7) is 13.2. The minimum atomic E-state index is -4.18. The van der Waals surface area contributed by atoms with E-state index in [-0.39, 0.29) is 48.4 Å². The van der Waals surface area contributed by atoms with Crippen LogP contribution in [0.3, 0.4) is 0 Å². The van der Waals surface area contributed by atoms with Crippen molar-refractivity contribution in [3.05, 3.63) is 81.9 Å². The summed E-state index contributed by atoms with van der Waals surface area (Å²) < 4.78 is 52.0. The predicted molar refractivity (Wildman–Crippen MR) is 223 cm³/mol. The molecule has 1 aliphatic carbocycles. The van der Waals surface area contributed by atoms with Crippen LogP contribution in [0.25, 0.3) is 11.1 Å². The number of aliphatic imine (C=N–C) groups is 1. The fourth-order valence-electron chi connectivity index (χ4n) is 7.39. The van der Waals surface area contributed by atoms with Gasteiger partial charge in [0, 0.05) is 12.5 Å². The molecule has 0 spiro atoms. The van der Waals surface area contributed by atoms with Crippen LogP contribution in [0.5, 0.6) is 5.75 Å². The molecule has 0 aromatic heterocycles. The van der Waals surface area contributed by atoms with Crippen LogP contribution in [0.1, 0.15) is 93.2 Å². The van der Waals surface area contributed by atoms with Crippen molar-refractivity contribution in [3.63, 3.8) is 0 Å². The average molecular weight is 850 g/mol. The van der Waals surface area contributed by atoms with E-state index in [1.807, 2.05) is 69.3 Å². The van der Waals surface area contributed by atoms with Gasteiger partial charge >= 0.3 is 24.1 Å². The Morgan fingerprint density at radius 1 is 0.917 bits per heavy atom. The number of benzene rings is 3. The molecule has 2 aliphatic rings. The molecule has 0 saturated heterocycles. The second-order valence-corrected chi connectivity index (χ2v) is 18.2. The first-order valence-corrected chi connectivity index (χ1v) is 21.2. The summed E-state index contributed by atoms with van der Waals surface area (Å²) >= 11 is 0. The lowest BCUT2D eigenvalue weighted by molar-refractivity contribution is -0.150. The molecule has 0 saturated carbocycles. The molecule has 0 bridgehead atoms. The number of aliphatic carboxylic acids is 1. The van der Waals surface area contributed by atoms with Crippen molar-refractivity contribution in [1.29, 1.82) is 0 Å². The molecule has 2 amide bonds. The first-order valence-electron chi connectivity index (χ1n) is 19.7. The molecular formula is C43H55N5O11S. The first kappa shape index (κ1) is 45.2. The van der Waals surface area contributed by atoms with Crippen LogP contribution in [0, 0.1) is 20.8 Å². The molecule has 1 heterocycles. The van der Waals surface area contributed by atoms with Gasteiger partial charge in [-0.15, -0.1) is 0 Å². The maximum Gasteiger partial charge on any atom is 0.408 e. The van der Waals surface area contributed by atoms with Gasteiger partial charge in [0.1, 0.15) is 36.2 Å². The van der Waals surface area contributed by atoms with Crippen molar-refractivity contribution >= 4 is 40.1 Å². The average Bonchev–Trinajstić information content (AvgIpc) is 3.47. The molecule has 5 rings (SSSR count). The molecule has 0 unspecified atom stereocenters. The van der Waals surface area contributed by atoms with Crippen molar-refractivity contribution in [1.82, 2.24) is 15.4 Å². The number of esters is 1. The number of hydrogen-bond donors (Lipinski definition) is 5. The van der Waals surface area contributed by atoms with Gasteiger partial charge in [0.05, 0.1) is 4.90 Å². The van der Waals surface area contributed by atoms with Crippen molar-refractivity contribution in [3.8, 4) is 16.9 Å². The van der Waals surface area contributed by atoms with E-state index >= 15 is 0 Å². The lowest BCUT2D eigenvalue weighted by atomic mass is 9.88. The Hall–Kier alpha value is -5.84. The molecule has 3 aromatic rings. The smallest absolute Gasteiger partial charge is 0.408 e. The molecule has 6 N–H and O–H groups in total. The maximum absolute atomic E-state index is 13.7. The van der Waals surface area contributed by atoms with E-state index in [1.54, 1.807) is 34.6 Å². The monoisotopic (exact) mass is 849 g/mol. The van der Waals surface area contributed by atoms with Gasteiger partial charge in [-0.05, 0) is 126 Å². The van der Waals surface area contributed by atoms with E-state index in [1.165, 1.54) is 0 Å². The number of ether oxygens (including phenoxy) is 4. The summed E-state index contributed by atoms with van der Waals surface area (Å²) in [4.78, 5) is 55.1. The normalized spacial score (nSPS) is 15.6. The number of carboxylic acids is 1. The largest absolute Gasteiger partial charge is 0.487 e. The van der Waals surface area contributed by atoms with Crippen LogP contribution in [0.4, 0.5) is 9.59 Å². The third kappa shape index (κ3) is 10.9. The van der Waals surface area contributed by atoms with E-state index in [9.17, 15) is 32.7 Å². The number of carbonyl (C=O) groups excluding carboxylic acids is 3. The van der Waals surface area contributed by atoms with Gasteiger partial charge in [0.15, 0.2) is 6.04 Å². The number of guanidine groups is 1. The molecule has 0 radical (unpaired) electrons. The Kier molecular flexibility index (Phi) is 13.7. The summed E-state index contributed by atoms with van der Waals surface area (Å²) in [7, 11) is -4.18. The number of amides is 2. The molecule has 0 fully saturated rings. The van der Waals surface area contributed by atoms with Crippen molar-refractivity contribution < 1.29 is 51.6 Å². The third-order valence-corrected chi connectivity index (χ3v) is 12.0. The molecule has 16 nitrogen and oxygen atoms in total. The number of hydrogen-bond acceptors (Lipinski definition) is 11.